The lowest BCUT2D eigenvalue weighted by Crippen LogP contribution is -2.11. The number of anilines is 1. The van der Waals surface area contributed by atoms with Crippen LogP contribution in [0.25, 0.3) is 0 Å². The molecule has 0 aliphatic carbocycles. The third-order valence-corrected chi connectivity index (χ3v) is 2.92. The van der Waals surface area contributed by atoms with Crippen molar-refractivity contribution >= 4 is 28.9 Å². The Labute approximate surface area is 120 Å². The highest BCUT2D eigenvalue weighted by molar-refractivity contribution is 7.81. The molecule has 0 aliphatic rings. The summed E-state index contributed by atoms with van der Waals surface area (Å²) in [6.45, 7) is 0. The number of thiocarbonyl (C=S) groups is 1. The topological polar surface area (TPSA) is 89.8 Å². The average molecular weight is 289 g/mol. The largest absolute Gasteiger partial charge is 0.508 e. The zero-order valence-corrected chi connectivity index (χ0v) is 11.0. The summed E-state index contributed by atoms with van der Waals surface area (Å²) in [5, 5.41) is 30.7. The van der Waals surface area contributed by atoms with Crippen LogP contribution < -0.4 is 5.32 Å². The lowest BCUT2D eigenvalue weighted by molar-refractivity contribution is 0.0697. The molecular weight excluding hydrogens is 278 g/mol. The molecule has 0 saturated carbocycles. The fourth-order valence-corrected chi connectivity index (χ4v) is 1.93. The van der Waals surface area contributed by atoms with Crippen molar-refractivity contribution < 1.29 is 20.1 Å². The van der Waals surface area contributed by atoms with Gasteiger partial charge in [0.25, 0.3) is 0 Å². The predicted octanol–water partition coefficient (Wildman–Crippen LogP) is 2.58. The van der Waals surface area contributed by atoms with Crippen LogP contribution in [-0.2, 0) is 0 Å². The van der Waals surface area contributed by atoms with Gasteiger partial charge in [-0.2, -0.15) is 0 Å². The van der Waals surface area contributed by atoms with Crippen LogP contribution >= 0.6 is 12.2 Å². The van der Waals surface area contributed by atoms with Crippen molar-refractivity contribution in [1.82, 2.24) is 0 Å². The Bertz CT molecular complexity index is 685. The number of aromatic hydroxyl groups is 2. The van der Waals surface area contributed by atoms with Crippen LogP contribution in [0.3, 0.4) is 0 Å². The summed E-state index contributed by atoms with van der Waals surface area (Å²) in [7, 11) is 0. The van der Waals surface area contributed by atoms with Gasteiger partial charge in [0.2, 0.25) is 0 Å². The first-order chi connectivity index (χ1) is 9.47. The minimum absolute atomic E-state index is 0.0677. The highest BCUT2D eigenvalue weighted by Gasteiger charge is 2.09. The number of carbonyl (C=O) groups is 1. The van der Waals surface area contributed by atoms with Gasteiger partial charge in [-0.15, -0.1) is 0 Å². The predicted molar refractivity (Wildman–Crippen MR) is 78.5 cm³/mol. The Kier molecular flexibility index (Phi) is 3.86. The van der Waals surface area contributed by atoms with Crippen molar-refractivity contribution in [2.45, 2.75) is 0 Å². The van der Waals surface area contributed by atoms with Crippen molar-refractivity contribution in [2.75, 3.05) is 5.32 Å². The highest BCUT2D eigenvalue weighted by atomic mass is 32.1. The van der Waals surface area contributed by atoms with E-state index in [0.29, 0.717) is 11.3 Å². The summed E-state index contributed by atoms with van der Waals surface area (Å²) < 4.78 is 0. The van der Waals surface area contributed by atoms with E-state index in [1.54, 1.807) is 12.1 Å². The van der Waals surface area contributed by atoms with Crippen LogP contribution in [0.1, 0.15) is 15.9 Å². The number of hydrogen-bond donors (Lipinski definition) is 4. The molecule has 0 saturated heterocycles. The lowest BCUT2D eigenvalue weighted by atomic mass is 10.1. The second-order valence-electron chi connectivity index (χ2n) is 4.04. The van der Waals surface area contributed by atoms with Crippen molar-refractivity contribution in [2.24, 2.45) is 0 Å². The molecule has 5 nitrogen and oxygen atoms in total. The van der Waals surface area contributed by atoms with E-state index in [1.807, 2.05) is 0 Å². The van der Waals surface area contributed by atoms with Crippen LogP contribution in [0.4, 0.5) is 5.69 Å². The van der Waals surface area contributed by atoms with E-state index in [-0.39, 0.29) is 22.1 Å². The van der Waals surface area contributed by atoms with Crippen molar-refractivity contribution in [1.29, 1.82) is 0 Å². The molecular formula is C14H11NO4S. The van der Waals surface area contributed by atoms with Gasteiger partial charge in [0, 0.05) is 11.8 Å². The molecule has 2 aromatic rings. The van der Waals surface area contributed by atoms with Crippen molar-refractivity contribution in [3.8, 4) is 11.5 Å². The Morgan fingerprint density at radius 3 is 2.50 bits per heavy atom. The highest BCUT2D eigenvalue weighted by Crippen LogP contribution is 2.24. The maximum Gasteiger partial charge on any atom is 0.335 e. The number of benzene rings is 2. The van der Waals surface area contributed by atoms with E-state index in [2.05, 4.69) is 5.32 Å². The Hall–Kier alpha value is -2.60. The molecule has 2 aromatic carbocycles. The number of phenols is 2. The zero-order chi connectivity index (χ0) is 14.7. The van der Waals surface area contributed by atoms with E-state index < -0.39 is 5.97 Å². The molecule has 4 N–H and O–H groups in total. The SMILES string of the molecule is O=C(O)c1cccc(NC(=S)c2ccc(O)cc2O)c1. The fraction of sp³-hybridized carbons (Fsp3) is 0. The molecule has 2 rings (SSSR count). The van der Waals surface area contributed by atoms with Crippen LogP contribution in [0.15, 0.2) is 42.5 Å². The summed E-state index contributed by atoms with van der Waals surface area (Å²) in [5.41, 5.74) is 0.980. The van der Waals surface area contributed by atoms with Gasteiger partial charge in [-0.3, -0.25) is 0 Å². The van der Waals surface area contributed by atoms with Gasteiger partial charge in [0.1, 0.15) is 16.5 Å². The van der Waals surface area contributed by atoms with Gasteiger partial charge < -0.3 is 20.6 Å². The fourth-order valence-electron chi connectivity index (χ4n) is 1.64. The Balaban J connectivity index is 2.23. The molecule has 0 aliphatic heterocycles. The normalized spacial score (nSPS) is 10.0. The van der Waals surface area contributed by atoms with E-state index in [4.69, 9.17) is 17.3 Å². The van der Waals surface area contributed by atoms with Gasteiger partial charge in [-0.1, -0.05) is 18.3 Å². The molecule has 102 valence electrons. The van der Waals surface area contributed by atoms with Gasteiger partial charge in [0.15, 0.2) is 0 Å². The number of carboxylic acids is 1. The summed E-state index contributed by atoms with van der Waals surface area (Å²) in [5.74, 6) is -1.26. The zero-order valence-electron chi connectivity index (χ0n) is 10.2. The molecule has 0 radical (unpaired) electrons. The van der Waals surface area contributed by atoms with Crippen molar-refractivity contribution in [3.05, 3.63) is 53.6 Å². The summed E-state index contributed by atoms with van der Waals surface area (Å²) in [6.07, 6.45) is 0. The van der Waals surface area contributed by atoms with Crippen LogP contribution in [0.5, 0.6) is 11.5 Å². The number of rotatable bonds is 3. The van der Waals surface area contributed by atoms with Gasteiger partial charge in [-0.05, 0) is 30.3 Å². The molecule has 0 amide bonds. The van der Waals surface area contributed by atoms with Crippen LogP contribution in [-0.4, -0.2) is 26.3 Å². The van der Waals surface area contributed by atoms with E-state index in [9.17, 15) is 15.0 Å². The second kappa shape index (κ2) is 5.58. The van der Waals surface area contributed by atoms with E-state index in [0.717, 1.165) is 0 Å². The van der Waals surface area contributed by atoms with Crippen molar-refractivity contribution in [3.63, 3.8) is 0 Å². The van der Waals surface area contributed by atoms with E-state index in [1.165, 1.54) is 30.3 Å². The first-order valence-electron chi connectivity index (χ1n) is 5.64. The summed E-state index contributed by atoms with van der Waals surface area (Å²) >= 11 is 5.14. The van der Waals surface area contributed by atoms with E-state index >= 15 is 0 Å². The first kappa shape index (κ1) is 13.8. The molecule has 0 fully saturated rings. The van der Waals surface area contributed by atoms with Crippen LogP contribution in [0.2, 0.25) is 0 Å². The first-order valence-corrected chi connectivity index (χ1v) is 6.05. The van der Waals surface area contributed by atoms with Gasteiger partial charge in [-0.25, -0.2) is 4.79 Å². The maximum absolute atomic E-state index is 10.9. The molecule has 0 bridgehead atoms. The standard InChI is InChI=1S/C14H11NO4S/c16-10-4-5-11(12(17)7-10)13(20)15-9-3-1-2-8(6-9)14(18)19/h1-7,16-17H,(H,15,20)(H,18,19). The molecule has 0 aromatic heterocycles. The molecule has 0 atom stereocenters. The van der Waals surface area contributed by atoms with Crippen LogP contribution in [0, 0.1) is 0 Å². The number of nitrogens with one attached hydrogen (secondary N) is 1. The number of phenolic OH excluding ortho intramolecular Hbond substituents is 2. The molecule has 0 heterocycles. The summed E-state index contributed by atoms with van der Waals surface area (Å²) in [6, 6.07) is 10.2. The minimum atomic E-state index is -1.04. The van der Waals surface area contributed by atoms with Gasteiger partial charge in [0.05, 0.1) is 11.1 Å². The lowest BCUT2D eigenvalue weighted by Gasteiger charge is -2.10. The summed E-state index contributed by atoms with van der Waals surface area (Å²) in [4.78, 5) is 11.1. The third kappa shape index (κ3) is 3.04. The molecule has 0 spiro atoms. The quantitative estimate of drug-likeness (QED) is 0.649. The minimum Gasteiger partial charge on any atom is -0.508 e. The molecule has 0 unspecified atom stereocenters. The molecule has 20 heavy (non-hydrogen) atoms. The second-order valence-corrected chi connectivity index (χ2v) is 4.45. The molecule has 6 heteroatoms. The van der Waals surface area contributed by atoms with Gasteiger partial charge >= 0.3 is 5.97 Å². The smallest absolute Gasteiger partial charge is 0.335 e. The monoisotopic (exact) mass is 289 g/mol. The maximum atomic E-state index is 10.9. The number of aromatic carboxylic acids is 1. The third-order valence-electron chi connectivity index (χ3n) is 2.59. The number of hydrogen-bond acceptors (Lipinski definition) is 4. The Morgan fingerprint density at radius 1 is 1.10 bits per heavy atom. The average Bonchev–Trinajstić information content (AvgIpc) is 2.38. The number of carboxylic acid groups (broad SMARTS) is 1. The Morgan fingerprint density at radius 2 is 1.85 bits per heavy atom.